The second-order valence-electron chi connectivity index (χ2n) is 5.34. The van der Waals surface area contributed by atoms with Crippen LogP contribution in [0.25, 0.3) is 0 Å². The van der Waals surface area contributed by atoms with E-state index in [2.05, 4.69) is 4.98 Å². The largest absolute Gasteiger partial charge is 0.459 e. The molecule has 4 heteroatoms. The lowest BCUT2D eigenvalue weighted by Crippen LogP contribution is -2.31. The van der Waals surface area contributed by atoms with Crippen LogP contribution in [0.4, 0.5) is 0 Å². The minimum absolute atomic E-state index is 0.299. The lowest BCUT2D eigenvalue weighted by molar-refractivity contribution is -0.157. The number of rotatable bonds is 3. The van der Waals surface area contributed by atoms with E-state index in [9.17, 15) is 9.59 Å². The maximum atomic E-state index is 12.1. The van der Waals surface area contributed by atoms with Gasteiger partial charge in [-0.15, -0.1) is 0 Å². The van der Waals surface area contributed by atoms with Crippen molar-refractivity contribution in [1.29, 1.82) is 0 Å². The van der Waals surface area contributed by atoms with E-state index < -0.39 is 17.5 Å². The summed E-state index contributed by atoms with van der Waals surface area (Å²) < 4.78 is 5.18. The number of hydrogen-bond acceptors (Lipinski definition) is 4. The molecule has 0 saturated heterocycles. The summed E-state index contributed by atoms with van der Waals surface area (Å²) in [5.41, 5.74) is 0.643. The fourth-order valence-corrected chi connectivity index (χ4v) is 1.39. The van der Waals surface area contributed by atoms with Gasteiger partial charge in [0, 0.05) is 6.20 Å². The summed E-state index contributed by atoms with van der Waals surface area (Å²) in [6.45, 7) is 8.73. The van der Waals surface area contributed by atoms with Crippen molar-refractivity contribution in [2.75, 3.05) is 0 Å². The van der Waals surface area contributed by atoms with Crippen LogP contribution in [0.15, 0.2) is 18.3 Å². The topological polar surface area (TPSA) is 56.3 Å². The van der Waals surface area contributed by atoms with Crippen LogP contribution < -0.4 is 0 Å². The third-order valence-electron chi connectivity index (χ3n) is 2.32. The first-order chi connectivity index (χ1) is 8.20. The van der Waals surface area contributed by atoms with E-state index in [0.717, 1.165) is 5.56 Å². The van der Waals surface area contributed by atoms with Crippen molar-refractivity contribution < 1.29 is 14.3 Å². The number of carbonyl (C=O) groups excluding carboxylic acids is 2. The fourth-order valence-electron chi connectivity index (χ4n) is 1.39. The molecule has 0 aromatic carbocycles. The molecule has 0 fully saturated rings. The second kappa shape index (κ2) is 5.29. The Morgan fingerprint density at radius 2 is 1.94 bits per heavy atom. The Morgan fingerprint density at radius 1 is 1.33 bits per heavy atom. The van der Waals surface area contributed by atoms with Crippen molar-refractivity contribution in [3.8, 4) is 0 Å². The zero-order valence-corrected chi connectivity index (χ0v) is 11.5. The van der Waals surface area contributed by atoms with Crippen LogP contribution in [-0.2, 0) is 9.53 Å². The Morgan fingerprint density at radius 3 is 2.44 bits per heavy atom. The summed E-state index contributed by atoms with van der Waals surface area (Å²) in [5.74, 6) is -1.66. The molecule has 0 aliphatic heterocycles. The third kappa shape index (κ3) is 3.95. The van der Waals surface area contributed by atoms with Gasteiger partial charge in [0.15, 0.2) is 5.78 Å². The summed E-state index contributed by atoms with van der Waals surface area (Å²) in [6, 6.07) is 3.47. The van der Waals surface area contributed by atoms with Crippen LogP contribution >= 0.6 is 0 Å². The van der Waals surface area contributed by atoms with Crippen LogP contribution in [0.1, 0.15) is 43.7 Å². The third-order valence-corrected chi connectivity index (χ3v) is 2.32. The van der Waals surface area contributed by atoms with E-state index >= 15 is 0 Å². The maximum absolute atomic E-state index is 12.1. The van der Waals surface area contributed by atoms with Crippen molar-refractivity contribution in [2.45, 2.75) is 40.2 Å². The highest BCUT2D eigenvalue weighted by atomic mass is 16.6. The first-order valence-electron chi connectivity index (χ1n) is 5.90. The first-order valence-corrected chi connectivity index (χ1v) is 5.90. The Bertz CT molecular complexity index is 460. The summed E-state index contributed by atoms with van der Waals surface area (Å²) >= 11 is 0. The molecule has 1 heterocycles. The highest BCUT2D eigenvalue weighted by molar-refractivity contribution is 6.07. The molecule has 0 bridgehead atoms. The molecule has 0 saturated carbocycles. The smallest absolute Gasteiger partial charge is 0.317 e. The number of carbonyl (C=O) groups is 2. The lowest BCUT2D eigenvalue weighted by Gasteiger charge is -2.21. The standard InChI is InChI=1S/C14H19NO3/c1-9-6-7-15-11(8-9)12(16)10(2)13(17)18-14(3,4)5/h6-8,10H,1-5H3. The molecule has 0 radical (unpaired) electrons. The van der Waals surface area contributed by atoms with Crippen LogP contribution in [0.5, 0.6) is 0 Å². The predicted molar refractivity (Wildman–Crippen MR) is 68.3 cm³/mol. The molecule has 18 heavy (non-hydrogen) atoms. The molecule has 0 amide bonds. The van der Waals surface area contributed by atoms with E-state index in [4.69, 9.17) is 4.74 Å². The minimum atomic E-state index is -0.835. The number of ketones is 1. The van der Waals surface area contributed by atoms with Gasteiger partial charge in [0.1, 0.15) is 17.2 Å². The normalized spacial score (nSPS) is 12.9. The molecule has 4 nitrogen and oxygen atoms in total. The molecule has 1 unspecified atom stereocenters. The SMILES string of the molecule is Cc1ccnc(C(=O)C(C)C(=O)OC(C)(C)C)c1. The number of ether oxygens (including phenoxy) is 1. The zero-order valence-electron chi connectivity index (χ0n) is 11.5. The molecule has 1 aromatic rings. The van der Waals surface area contributed by atoms with Gasteiger partial charge in [0.2, 0.25) is 0 Å². The Hall–Kier alpha value is -1.71. The van der Waals surface area contributed by atoms with Gasteiger partial charge >= 0.3 is 5.97 Å². The molecular weight excluding hydrogens is 230 g/mol. The zero-order chi connectivity index (χ0) is 13.9. The lowest BCUT2D eigenvalue weighted by atomic mass is 10.0. The maximum Gasteiger partial charge on any atom is 0.317 e. The van der Waals surface area contributed by atoms with Crippen LogP contribution in [0, 0.1) is 12.8 Å². The van der Waals surface area contributed by atoms with Gasteiger partial charge in [-0.25, -0.2) is 0 Å². The Kier molecular flexibility index (Phi) is 4.22. The van der Waals surface area contributed by atoms with Crippen LogP contribution in [-0.4, -0.2) is 22.3 Å². The predicted octanol–water partition coefficient (Wildman–Crippen LogP) is 2.55. The van der Waals surface area contributed by atoms with E-state index in [1.54, 1.807) is 46.0 Å². The summed E-state index contributed by atoms with van der Waals surface area (Å²) in [4.78, 5) is 27.8. The van der Waals surface area contributed by atoms with Crippen LogP contribution in [0.2, 0.25) is 0 Å². The van der Waals surface area contributed by atoms with E-state index in [1.807, 2.05) is 6.92 Å². The van der Waals surface area contributed by atoms with Gasteiger partial charge in [0.05, 0.1) is 0 Å². The minimum Gasteiger partial charge on any atom is -0.459 e. The van der Waals surface area contributed by atoms with Crippen LogP contribution in [0.3, 0.4) is 0 Å². The van der Waals surface area contributed by atoms with Gasteiger partial charge in [-0.3, -0.25) is 14.6 Å². The summed E-state index contributed by atoms with van der Waals surface area (Å²) in [7, 11) is 0. The molecule has 1 rings (SSSR count). The summed E-state index contributed by atoms with van der Waals surface area (Å²) in [6.07, 6.45) is 1.56. The number of aryl methyl sites for hydroxylation is 1. The molecule has 0 aliphatic rings. The van der Waals surface area contributed by atoms with E-state index in [1.165, 1.54) is 0 Å². The van der Waals surface area contributed by atoms with Gasteiger partial charge < -0.3 is 4.74 Å². The molecule has 98 valence electrons. The monoisotopic (exact) mass is 249 g/mol. The van der Waals surface area contributed by atoms with Crippen molar-refractivity contribution in [3.63, 3.8) is 0 Å². The number of Topliss-reactive ketones (excluding diaryl/α,β-unsaturated/α-hetero) is 1. The second-order valence-corrected chi connectivity index (χ2v) is 5.34. The van der Waals surface area contributed by atoms with Crippen molar-refractivity contribution >= 4 is 11.8 Å². The van der Waals surface area contributed by atoms with Crippen molar-refractivity contribution in [2.24, 2.45) is 5.92 Å². The number of hydrogen-bond donors (Lipinski definition) is 0. The van der Waals surface area contributed by atoms with Gasteiger partial charge in [-0.05, 0) is 52.3 Å². The molecular formula is C14H19NO3. The Balaban J connectivity index is 2.81. The average molecular weight is 249 g/mol. The molecule has 1 aromatic heterocycles. The molecule has 0 aliphatic carbocycles. The quantitative estimate of drug-likeness (QED) is 0.469. The molecule has 0 N–H and O–H groups in total. The van der Waals surface area contributed by atoms with E-state index in [-0.39, 0.29) is 5.78 Å². The highest BCUT2D eigenvalue weighted by Crippen LogP contribution is 2.14. The van der Waals surface area contributed by atoms with Gasteiger partial charge in [-0.1, -0.05) is 0 Å². The van der Waals surface area contributed by atoms with Gasteiger partial charge in [-0.2, -0.15) is 0 Å². The number of pyridine rings is 1. The number of aromatic nitrogens is 1. The van der Waals surface area contributed by atoms with Gasteiger partial charge in [0.25, 0.3) is 0 Å². The first kappa shape index (κ1) is 14.4. The molecule has 1 atom stereocenters. The molecule has 0 spiro atoms. The number of esters is 1. The Labute approximate surface area is 107 Å². The number of nitrogens with zero attached hydrogens (tertiary/aromatic N) is 1. The van der Waals surface area contributed by atoms with Crippen molar-refractivity contribution in [3.05, 3.63) is 29.6 Å². The van der Waals surface area contributed by atoms with E-state index in [0.29, 0.717) is 5.69 Å². The van der Waals surface area contributed by atoms with Crippen molar-refractivity contribution in [1.82, 2.24) is 4.98 Å². The fraction of sp³-hybridized carbons (Fsp3) is 0.500. The average Bonchev–Trinajstić information content (AvgIpc) is 2.24. The highest BCUT2D eigenvalue weighted by Gasteiger charge is 2.28. The summed E-state index contributed by atoms with van der Waals surface area (Å²) in [5, 5.41) is 0.